The first-order valence-corrected chi connectivity index (χ1v) is 7.96. The Hall–Kier alpha value is -2.24. The molecule has 108 valence electrons. The lowest BCUT2D eigenvalue weighted by molar-refractivity contribution is 0.970. The van der Waals surface area contributed by atoms with Gasteiger partial charge in [-0.1, -0.05) is 47.2 Å². The molecule has 4 aromatic rings. The van der Waals surface area contributed by atoms with Crippen molar-refractivity contribution < 1.29 is 0 Å². The summed E-state index contributed by atoms with van der Waals surface area (Å²) in [6.07, 6.45) is 0. The molecule has 2 aromatic carbocycles. The van der Waals surface area contributed by atoms with E-state index in [1.165, 1.54) is 16.9 Å². The topological polar surface area (TPSA) is 43.1 Å². The van der Waals surface area contributed by atoms with E-state index in [1.54, 1.807) is 4.52 Å². The van der Waals surface area contributed by atoms with E-state index in [9.17, 15) is 0 Å². The highest BCUT2D eigenvalue weighted by Crippen LogP contribution is 2.30. The molecule has 2 aromatic heterocycles. The summed E-state index contributed by atoms with van der Waals surface area (Å²) in [6, 6.07) is 15.7. The fourth-order valence-corrected chi connectivity index (χ4v) is 3.37. The lowest BCUT2D eigenvalue weighted by atomic mass is 10.1. The average molecular weight is 327 g/mol. The Labute approximate surface area is 136 Å². The highest BCUT2D eigenvalue weighted by Gasteiger charge is 2.15. The lowest BCUT2D eigenvalue weighted by Crippen LogP contribution is -1.91. The van der Waals surface area contributed by atoms with E-state index < -0.39 is 0 Å². The molecule has 0 aliphatic carbocycles. The third-order valence-electron chi connectivity index (χ3n) is 3.47. The van der Waals surface area contributed by atoms with Gasteiger partial charge in [0.25, 0.3) is 0 Å². The molecule has 0 N–H and O–H groups in total. The summed E-state index contributed by atoms with van der Waals surface area (Å²) in [5.74, 6) is 0.725. The molecule has 0 bridgehead atoms. The molecule has 2 heterocycles. The van der Waals surface area contributed by atoms with Crippen LogP contribution in [-0.2, 0) is 0 Å². The van der Waals surface area contributed by atoms with Crippen molar-refractivity contribution in [3.63, 3.8) is 0 Å². The van der Waals surface area contributed by atoms with Crippen LogP contribution >= 0.6 is 22.9 Å². The van der Waals surface area contributed by atoms with Crippen LogP contribution in [0.25, 0.3) is 26.9 Å². The second-order valence-electron chi connectivity index (χ2n) is 4.95. The van der Waals surface area contributed by atoms with Crippen LogP contribution in [0.5, 0.6) is 0 Å². The van der Waals surface area contributed by atoms with Crippen molar-refractivity contribution in [2.24, 2.45) is 0 Å². The minimum Gasteiger partial charge on any atom is -0.182 e. The molecule has 0 aliphatic heterocycles. The number of aromatic nitrogens is 4. The van der Waals surface area contributed by atoms with Gasteiger partial charge in [0.1, 0.15) is 5.01 Å². The van der Waals surface area contributed by atoms with Crippen LogP contribution in [0.2, 0.25) is 5.02 Å². The molecule has 0 aliphatic rings. The third-order valence-corrected chi connectivity index (χ3v) is 4.65. The Morgan fingerprint density at radius 3 is 2.55 bits per heavy atom. The quantitative estimate of drug-likeness (QED) is 0.545. The molecule has 6 heteroatoms. The minimum atomic E-state index is 0.698. The van der Waals surface area contributed by atoms with Gasteiger partial charge in [-0.15, -0.1) is 10.2 Å². The van der Waals surface area contributed by atoms with Gasteiger partial charge in [-0.3, -0.25) is 0 Å². The number of halogens is 1. The van der Waals surface area contributed by atoms with Crippen molar-refractivity contribution in [3.8, 4) is 22.0 Å². The largest absolute Gasteiger partial charge is 0.235 e. The summed E-state index contributed by atoms with van der Waals surface area (Å²) in [4.78, 5) is 0.781. The highest BCUT2D eigenvalue weighted by atomic mass is 35.5. The van der Waals surface area contributed by atoms with Gasteiger partial charge in [0.15, 0.2) is 5.82 Å². The first-order valence-electron chi connectivity index (χ1n) is 6.76. The predicted octanol–water partition coefficient (Wildman–Crippen LogP) is 4.48. The van der Waals surface area contributed by atoms with Gasteiger partial charge in [-0.2, -0.15) is 9.61 Å². The van der Waals surface area contributed by atoms with E-state index in [0.29, 0.717) is 5.02 Å². The van der Waals surface area contributed by atoms with Crippen LogP contribution in [0.4, 0.5) is 0 Å². The van der Waals surface area contributed by atoms with E-state index >= 15 is 0 Å². The standard InChI is InChI=1S/C16H11ClN4S/c1-10-4-2-3-5-13(10)15-20-21-14(18-19-16(21)22-15)11-6-8-12(17)9-7-11/h2-9H,1H3. The van der Waals surface area contributed by atoms with Crippen LogP contribution in [-0.4, -0.2) is 19.8 Å². The van der Waals surface area contributed by atoms with Crippen LogP contribution in [0, 0.1) is 6.92 Å². The van der Waals surface area contributed by atoms with E-state index in [-0.39, 0.29) is 0 Å². The Kier molecular flexibility index (Phi) is 3.17. The maximum atomic E-state index is 5.94. The highest BCUT2D eigenvalue weighted by molar-refractivity contribution is 7.19. The number of nitrogens with zero attached hydrogens (tertiary/aromatic N) is 4. The molecule has 4 rings (SSSR count). The van der Waals surface area contributed by atoms with Crippen molar-refractivity contribution in [1.82, 2.24) is 19.8 Å². The number of fused-ring (bicyclic) bond motifs is 1. The molecule has 0 atom stereocenters. The SMILES string of the molecule is Cc1ccccc1-c1nn2c(-c3ccc(Cl)cc3)nnc2s1. The summed E-state index contributed by atoms with van der Waals surface area (Å²) >= 11 is 7.47. The van der Waals surface area contributed by atoms with Gasteiger partial charge < -0.3 is 0 Å². The van der Waals surface area contributed by atoms with Crippen LogP contribution < -0.4 is 0 Å². The van der Waals surface area contributed by atoms with Gasteiger partial charge in [-0.25, -0.2) is 0 Å². The molecule has 0 saturated carbocycles. The average Bonchev–Trinajstić information content (AvgIpc) is 3.09. The summed E-state index contributed by atoms with van der Waals surface area (Å²) in [5.41, 5.74) is 3.26. The Balaban J connectivity index is 1.86. The first kappa shape index (κ1) is 13.4. The van der Waals surface area contributed by atoms with E-state index in [4.69, 9.17) is 11.6 Å². The lowest BCUT2D eigenvalue weighted by Gasteiger charge is -2.00. The molecule has 0 spiro atoms. The number of benzene rings is 2. The van der Waals surface area contributed by atoms with Gasteiger partial charge >= 0.3 is 0 Å². The molecule has 0 amide bonds. The third kappa shape index (κ3) is 2.19. The molecule has 22 heavy (non-hydrogen) atoms. The second-order valence-corrected chi connectivity index (χ2v) is 6.34. The molecule has 0 saturated heterocycles. The zero-order chi connectivity index (χ0) is 15.1. The van der Waals surface area contributed by atoms with E-state index in [1.807, 2.05) is 36.4 Å². The summed E-state index contributed by atoms with van der Waals surface area (Å²) in [7, 11) is 0. The van der Waals surface area contributed by atoms with Crippen molar-refractivity contribution in [3.05, 3.63) is 59.1 Å². The van der Waals surface area contributed by atoms with E-state index in [2.05, 4.69) is 34.4 Å². The van der Waals surface area contributed by atoms with Gasteiger partial charge in [0, 0.05) is 16.1 Å². The van der Waals surface area contributed by atoms with Crippen LogP contribution in [0.15, 0.2) is 48.5 Å². The van der Waals surface area contributed by atoms with Crippen molar-refractivity contribution in [1.29, 1.82) is 0 Å². The zero-order valence-electron chi connectivity index (χ0n) is 11.7. The Morgan fingerprint density at radius 2 is 1.77 bits per heavy atom. The number of rotatable bonds is 2. The Morgan fingerprint density at radius 1 is 1.00 bits per heavy atom. The van der Waals surface area contributed by atoms with E-state index in [0.717, 1.165) is 26.9 Å². The zero-order valence-corrected chi connectivity index (χ0v) is 13.3. The van der Waals surface area contributed by atoms with Crippen molar-refractivity contribution >= 4 is 27.9 Å². The summed E-state index contributed by atoms with van der Waals surface area (Å²) in [6.45, 7) is 2.08. The molecule has 0 radical (unpaired) electrons. The fourth-order valence-electron chi connectivity index (χ4n) is 2.32. The first-order chi connectivity index (χ1) is 10.7. The maximum Gasteiger partial charge on any atom is 0.235 e. The number of aryl methyl sites for hydroxylation is 1. The molecule has 0 unspecified atom stereocenters. The smallest absolute Gasteiger partial charge is 0.182 e. The summed E-state index contributed by atoms with van der Waals surface area (Å²) in [5, 5.41) is 14.8. The number of hydrogen-bond acceptors (Lipinski definition) is 4. The molecule has 4 nitrogen and oxygen atoms in total. The summed E-state index contributed by atoms with van der Waals surface area (Å²) < 4.78 is 1.79. The van der Waals surface area contributed by atoms with Gasteiger partial charge in [0.2, 0.25) is 4.96 Å². The second kappa shape index (κ2) is 5.19. The van der Waals surface area contributed by atoms with Gasteiger partial charge in [-0.05, 0) is 36.8 Å². The molecule has 0 fully saturated rings. The van der Waals surface area contributed by atoms with Crippen molar-refractivity contribution in [2.75, 3.05) is 0 Å². The Bertz CT molecular complexity index is 956. The molecular weight excluding hydrogens is 316 g/mol. The van der Waals surface area contributed by atoms with Crippen LogP contribution in [0.1, 0.15) is 5.56 Å². The monoisotopic (exact) mass is 326 g/mol. The fraction of sp³-hybridized carbons (Fsp3) is 0.0625. The normalized spacial score (nSPS) is 11.2. The van der Waals surface area contributed by atoms with Crippen LogP contribution in [0.3, 0.4) is 0 Å². The minimum absolute atomic E-state index is 0.698. The molecular formula is C16H11ClN4S. The number of hydrogen-bond donors (Lipinski definition) is 0. The predicted molar refractivity (Wildman–Crippen MR) is 89.3 cm³/mol. The van der Waals surface area contributed by atoms with Gasteiger partial charge in [0.05, 0.1) is 0 Å². The maximum absolute atomic E-state index is 5.94. The van der Waals surface area contributed by atoms with Crippen molar-refractivity contribution in [2.45, 2.75) is 6.92 Å².